The first-order valence-electron chi connectivity index (χ1n) is 6.22. The van der Waals surface area contributed by atoms with Gasteiger partial charge in [-0.15, -0.1) is 0 Å². The van der Waals surface area contributed by atoms with E-state index in [1.54, 1.807) is 24.3 Å². The normalized spacial score (nSPS) is 17.9. The van der Waals surface area contributed by atoms with Crippen molar-refractivity contribution in [3.05, 3.63) is 24.2 Å². The van der Waals surface area contributed by atoms with E-state index in [9.17, 15) is 4.79 Å². The highest BCUT2D eigenvalue weighted by atomic mass is 32.1. The number of rotatable bonds is 4. The average molecular weight is 282 g/mol. The number of amides is 1. The lowest BCUT2D eigenvalue weighted by atomic mass is 9.78. The van der Waals surface area contributed by atoms with Gasteiger partial charge >= 0.3 is 0 Å². The second kappa shape index (κ2) is 5.71. The van der Waals surface area contributed by atoms with Gasteiger partial charge < -0.3 is 19.8 Å². The second-order valence-electron chi connectivity index (χ2n) is 4.80. The number of ether oxygens (including phenoxy) is 1. The molecule has 1 amide bonds. The maximum atomic E-state index is 12.6. The number of carbonyl (C=O) groups is 1. The molecule has 2 heterocycles. The van der Waals surface area contributed by atoms with Crippen molar-refractivity contribution in [1.29, 1.82) is 0 Å². The SMILES string of the molecule is CN(Cc1ccco1)C(=O)C1(C(N)=S)CCOCC1. The van der Waals surface area contributed by atoms with E-state index in [1.807, 2.05) is 6.07 Å². The van der Waals surface area contributed by atoms with Crippen molar-refractivity contribution in [3.8, 4) is 0 Å². The van der Waals surface area contributed by atoms with Gasteiger partial charge in [0.1, 0.15) is 11.2 Å². The van der Waals surface area contributed by atoms with Crippen molar-refractivity contribution >= 4 is 23.1 Å². The maximum Gasteiger partial charge on any atom is 0.235 e. The van der Waals surface area contributed by atoms with Crippen LogP contribution in [0.25, 0.3) is 0 Å². The highest BCUT2D eigenvalue weighted by Gasteiger charge is 2.44. The molecule has 6 heteroatoms. The molecule has 0 bridgehead atoms. The van der Waals surface area contributed by atoms with Gasteiger partial charge in [0.15, 0.2) is 0 Å². The summed E-state index contributed by atoms with van der Waals surface area (Å²) in [6.07, 6.45) is 2.68. The molecule has 5 nitrogen and oxygen atoms in total. The van der Waals surface area contributed by atoms with Gasteiger partial charge in [-0.1, -0.05) is 12.2 Å². The van der Waals surface area contributed by atoms with Crippen molar-refractivity contribution in [2.45, 2.75) is 19.4 Å². The molecule has 0 saturated carbocycles. The Hall–Kier alpha value is -1.40. The van der Waals surface area contributed by atoms with E-state index in [-0.39, 0.29) is 10.9 Å². The maximum absolute atomic E-state index is 12.6. The predicted molar refractivity (Wildman–Crippen MR) is 74.5 cm³/mol. The molecule has 0 aliphatic carbocycles. The Morgan fingerprint density at radius 1 is 1.53 bits per heavy atom. The van der Waals surface area contributed by atoms with Crippen LogP contribution >= 0.6 is 12.2 Å². The van der Waals surface area contributed by atoms with Crippen molar-refractivity contribution in [3.63, 3.8) is 0 Å². The molecule has 19 heavy (non-hydrogen) atoms. The van der Waals surface area contributed by atoms with Crippen LogP contribution in [0.3, 0.4) is 0 Å². The average Bonchev–Trinajstić information content (AvgIpc) is 2.91. The predicted octanol–water partition coefficient (Wildman–Crippen LogP) is 1.32. The second-order valence-corrected chi connectivity index (χ2v) is 5.24. The number of hydrogen-bond donors (Lipinski definition) is 1. The van der Waals surface area contributed by atoms with Gasteiger partial charge in [-0.3, -0.25) is 4.79 Å². The smallest absolute Gasteiger partial charge is 0.235 e. The Bertz CT molecular complexity index is 452. The highest BCUT2D eigenvalue weighted by molar-refractivity contribution is 7.80. The summed E-state index contributed by atoms with van der Waals surface area (Å²) in [4.78, 5) is 14.5. The van der Waals surface area contributed by atoms with Crippen molar-refractivity contribution < 1.29 is 13.9 Å². The lowest BCUT2D eigenvalue weighted by molar-refractivity contribution is -0.141. The van der Waals surface area contributed by atoms with Crippen LogP contribution in [0, 0.1) is 5.41 Å². The van der Waals surface area contributed by atoms with Gasteiger partial charge in [-0.25, -0.2) is 0 Å². The van der Waals surface area contributed by atoms with Crippen molar-refractivity contribution in [2.24, 2.45) is 11.1 Å². The van der Waals surface area contributed by atoms with E-state index in [0.29, 0.717) is 32.6 Å². The third-order valence-electron chi connectivity index (χ3n) is 3.55. The van der Waals surface area contributed by atoms with Crippen LogP contribution in [-0.2, 0) is 16.1 Å². The fraction of sp³-hybridized carbons (Fsp3) is 0.538. The number of nitrogens with two attached hydrogens (primary N) is 1. The highest BCUT2D eigenvalue weighted by Crippen LogP contribution is 2.33. The standard InChI is InChI=1S/C13H18N2O3S/c1-15(9-10-3-2-6-18-10)12(16)13(11(14)19)4-7-17-8-5-13/h2-3,6H,4-5,7-9H2,1H3,(H2,14,19). The van der Waals surface area contributed by atoms with Crippen LogP contribution in [0.4, 0.5) is 0 Å². The summed E-state index contributed by atoms with van der Waals surface area (Å²) in [5, 5.41) is 0. The molecule has 2 N–H and O–H groups in total. The Labute approximate surface area is 117 Å². The summed E-state index contributed by atoms with van der Waals surface area (Å²) in [6.45, 7) is 1.44. The van der Waals surface area contributed by atoms with Gasteiger partial charge in [-0.2, -0.15) is 0 Å². The van der Waals surface area contributed by atoms with E-state index in [0.717, 1.165) is 5.76 Å². The van der Waals surface area contributed by atoms with Crippen molar-refractivity contribution in [1.82, 2.24) is 4.90 Å². The van der Waals surface area contributed by atoms with E-state index >= 15 is 0 Å². The molecular weight excluding hydrogens is 264 g/mol. The molecule has 0 unspecified atom stereocenters. The summed E-state index contributed by atoms with van der Waals surface area (Å²) in [6, 6.07) is 3.63. The fourth-order valence-electron chi connectivity index (χ4n) is 2.36. The third-order valence-corrected chi connectivity index (χ3v) is 3.94. The van der Waals surface area contributed by atoms with Crippen LogP contribution in [-0.4, -0.2) is 36.1 Å². The quantitative estimate of drug-likeness (QED) is 0.844. The summed E-state index contributed by atoms with van der Waals surface area (Å²) in [7, 11) is 1.74. The molecule has 2 rings (SSSR count). The van der Waals surface area contributed by atoms with E-state index < -0.39 is 5.41 Å². The lowest BCUT2D eigenvalue weighted by Gasteiger charge is -2.37. The first kappa shape index (κ1) is 14.0. The van der Waals surface area contributed by atoms with Crippen LogP contribution in [0.5, 0.6) is 0 Å². The Kier molecular flexibility index (Phi) is 4.21. The van der Waals surface area contributed by atoms with Gasteiger partial charge in [0.25, 0.3) is 0 Å². The monoisotopic (exact) mass is 282 g/mol. The van der Waals surface area contributed by atoms with Crippen LogP contribution < -0.4 is 5.73 Å². The lowest BCUT2D eigenvalue weighted by Crippen LogP contribution is -2.52. The van der Waals surface area contributed by atoms with Crippen LogP contribution in [0.15, 0.2) is 22.8 Å². The molecule has 0 radical (unpaired) electrons. The first-order chi connectivity index (χ1) is 9.06. The summed E-state index contributed by atoms with van der Waals surface area (Å²) >= 11 is 5.12. The molecule has 0 spiro atoms. The molecule has 1 saturated heterocycles. The summed E-state index contributed by atoms with van der Waals surface area (Å²) in [5.41, 5.74) is 5.05. The number of hydrogen-bond acceptors (Lipinski definition) is 4. The topological polar surface area (TPSA) is 68.7 Å². The molecule has 1 aliphatic rings. The number of carbonyl (C=O) groups excluding carboxylic acids is 1. The molecule has 0 aromatic carbocycles. The van der Waals surface area contributed by atoms with Crippen LogP contribution in [0.2, 0.25) is 0 Å². The van der Waals surface area contributed by atoms with E-state index in [4.69, 9.17) is 27.1 Å². The van der Waals surface area contributed by atoms with Gasteiger partial charge in [0.2, 0.25) is 5.91 Å². The Morgan fingerprint density at radius 3 is 2.74 bits per heavy atom. The molecule has 1 fully saturated rings. The molecule has 1 aromatic rings. The van der Waals surface area contributed by atoms with Crippen molar-refractivity contribution in [2.75, 3.05) is 20.3 Å². The number of furan rings is 1. The largest absolute Gasteiger partial charge is 0.467 e. The molecule has 0 atom stereocenters. The summed E-state index contributed by atoms with van der Waals surface area (Å²) < 4.78 is 10.6. The minimum atomic E-state index is -0.769. The minimum Gasteiger partial charge on any atom is -0.467 e. The van der Waals surface area contributed by atoms with Gasteiger partial charge in [0, 0.05) is 20.3 Å². The number of thiocarbonyl (C=S) groups is 1. The number of nitrogens with zero attached hydrogens (tertiary/aromatic N) is 1. The first-order valence-corrected chi connectivity index (χ1v) is 6.63. The molecule has 104 valence electrons. The summed E-state index contributed by atoms with van der Waals surface area (Å²) in [5.74, 6) is 0.681. The zero-order valence-electron chi connectivity index (χ0n) is 10.9. The zero-order valence-corrected chi connectivity index (χ0v) is 11.7. The van der Waals surface area contributed by atoms with Crippen LogP contribution in [0.1, 0.15) is 18.6 Å². The van der Waals surface area contributed by atoms with E-state index in [2.05, 4.69) is 0 Å². The zero-order chi connectivity index (χ0) is 13.9. The Balaban J connectivity index is 2.13. The fourth-order valence-corrected chi connectivity index (χ4v) is 2.65. The van der Waals surface area contributed by atoms with E-state index in [1.165, 1.54) is 0 Å². The van der Waals surface area contributed by atoms with Gasteiger partial charge in [0.05, 0.1) is 17.8 Å². The molecule has 1 aromatic heterocycles. The minimum absolute atomic E-state index is 0.0558. The molecule has 1 aliphatic heterocycles. The Morgan fingerprint density at radius 2 is 2.21 bits per heavy atom. The van der Waals surface area contributed by atoms with Gasteiger partial charge in [-0.05, 0) is 25.0 Å². The molecular formula is C13H18N2O3S. The third kappa shape index (κ3) is 2.79.